The fourth-order valence-corrected chi connectivity index (χ4v) is 2.49. The van der Waals surface area contributed by atoms with Crippen molar-refractivity contribution in [3.05, 3.63) is 35.9 Å². The fourth-order valence-electron chi connectivity index (χ4n) is 2.49. The molecule has 4 nitrogen and oxygen atoms in total. The first-order chi connectivity index (χ1) is 9.33. The number of nitrogens with zero attached hydrogens (tertiary/aromatic N) is 2. The van der Waals surface area contributed by atoms with Gasteiger partial charge in [0, 0.05) is 33.1 Å². The number of likely N-dealkylation sites (tertiary alicyclic amines) is 1. The van der Waals surface area contributed by atoms with E-state index >= 15 is 0 Å². The van der Waals surface area contributed by atoms with Gasteiger partial charge >= 0.3 is 0 Å². The molecule has 1 saturated heterocycles. The van der Waals surface area contributed by atoms with Crippen molar-refractivity contribution in [2.75, 3.05) is 33.8 Å². The molecule has 0 aromatic heterocycles. The molecule has 5 heteroatoms. The van der Waals surface area contributed by atoms with Crippen molar-refractivity contribution in [2.45, 2.75) is 13.0 Å². The number of ether oxygens (including phenoxy) is 1. The molecule has 1 aliphatic rings. The second-order valence-corrected chi connectivity index (χ2v) is 4.90. The van der Waals surface area contributed by atoms with Gasteiger partial charge in [0.15, 0.2) is 5.96 Å². The van der Waals surface area contributed by atoms with Crippen LogP contribution in [0.1, 0.15) is 12.0 Å². The van der Waals surface area contributed by atoms with Crippen LogP contribution >= 0.6 is 24.0 Å². The summed E-state index contributed by atoms with van der Waals surface area (Å²) in [5.74, 6) is 1.58. The summed E-state index contributed by atoms with van der Waals surface area (Å²) >= 11 is 0. The summed E-state index contributed by atoms with van der Waals surface area (Å²) in [6.45, 7) is 3.62. The van der Waals surface area contributed by atoms with Crippen LogP contribution in [-0.4, -0.2) is 44.7 Å². The number of aliphatic imine (C=N–C) groups is 1. The molecule has 0 saturated carbocycles. The summed E-state index contributed by atoms with van der Waals surface area (Å²) in [7, 11) is 3.74. The van der Waals surface area contributed by atoms with Gasteiger partial charge in [-0.1, -0.05) is 30.3 Å². The third kappa shape index (κ3) is 4.94. The lowest BCUT2D eigenvalue weighted by molar-refractivity contribution is 0.0907. The van der Waals surface area contributed by atoms with Gasteiger partial charge in [0.2, 0.25) is 0 Å². The van der Waals surface area contributed by atoms with E-state index in [2.05, 4.69) is 27.3 Å². The van der Waals surface area contributed by atoms with Gasteiger partial charge in [-0.25, -0.2) is 0 Å². The number of hydrogen-bond acceptors (Lipinski definition) is 2. The zero-order valence-electron chi connectivity index (χ0n) is 12.2. The van der Waals surface area contributed by atoms with E-state index in [0.717, 1.165) is 25.7 Å². The molecule has 1 fully saturated rings. The van der Waals surface area contributed by atoms with E-state index in [4.69, 9.17) is 4.74 Å². The average Bonchev–Trinajstić information content (AvgIpc) is 2.90. The fraction of sp³-hybridized carbons (Fsp3) is 0.533. The van der Waals surface area contributed by atoms with Gasteiger partial charge in [-0.2, -0.15) is 0 Å². The van der Waals surface area contributed by atoms with Crippen LogP contribution < -0.4 is 5.32 Å². The Morgan fingerprint density at radius 2 is 2.15 bits per heavy atom. The predicted octanol–water partition coefficient (Wildman–Crippen LogP) is 2.35. The summed E-state index contributed by atoms with van der Waals surface area (Å²) in [5, 5.41) is 3.13. The number of halogens is 1. The normalized spacial score (nSPS) is 18.8. The second kappa shape index (κ2) is 9.18. The van der Waals surface area contributed by atoms with Crippen LogP contribution in [0.15, 0.2) is 35.3 Å². The highest BCUT2D eigenvalue weighted by Gasteiger charge is 2.24. The Kier molecular flexibility index (Phi) is 7.91. The van der Waals surface area contributed by atoms with E-state index in [9.17, 15) is 0 Å². The molecule has 1 unspecified atom stereocenters. The second-order valence-electron chi connectivity index (χ2n) is 4.90. The number of nitrogens with one attached hydrogen (secondary N) is 1. The Morgan fingerprint density at radius 3 is 2.80 bits per heavy atom. The SMILES string of the molecule is CN=C(NC)N1CCC(COCc2ccccc2)C1.I. The molecule has 1 aromatic rings. The summed E-state index contributed by atoms with van der Waals surface area (Å²) in [6, 6.07) is 10.3. The molecule has 1 aromatic carbocycles. The summed E-state index contributed by atoms with van der Waals surface area (Å²) in [6.07, 6.45) is 1.18. The first kappa shape index (κ1) is 17.2. The van der Waals surface area contributed by atoms with E-state index < -0.39 is 0 Å². The Bertz CT molecular complexity index is 411. The van der Waals surface area contributed by atoms with E-state index in [1.807, 2.05) is 32.3 Å². The third-order valence-corrected chi connectivity index (χ3v) is 3.49. The predicted molar refractivity (Wildman–Crippen MR) is 93.6 cm³/mol. The highest BCUT2D eigenvalue weighted by Crippen LogP contribution is 2.17. The molecule has 0 bridgehead atoms. The molecule has 1 heterocycles. The van der Waals surface area contributed by atoms with Crippen LogP contribution in [0.3, 0.4) is 0 Å². The number of hydrogen-bond donors (Lipinski definition) is 1. The highest BCUT2D eigenvalue weighted by molar-refractivity contribution is 14.0. The number of rotatable bonds is 4. The summed E-state index contributed by atoms with van der Waals surface area (Å²) in [5.41, 5.74) is 1.24. The smallest absolute Gasteiger partial charge is 0.193 e. The molecule has 0 aliphatic carbocycles. The van der Waals surface area contributed by atoms with Crippen molar-refractivity contribution in [3.8, 4) is 0 Å². The zero-order valence-corrected chi connectivity index (χ0v) is 14.5. The molecular formula is C15H24IN3O. The largest absolute Gasteiger partial charge is 0.376 e. The van der Waals surface area contributed by atoms with Gasteiger partial charge in [0.1, 0.15) is 0 Å². The lowest BCUT2D eigenvalue weighted by Crippen LogP contribution is -2.38. The van der Waals surface area contributed by atoms with E-state index in [-0.39, 0.29) is 24.0 Å². The maximum atomic E-state index is 5.81. The minimum Gasteiger partial charge on any atom is -0.376 e. The van der Waals surface area contributed by atoms with E-state index in [1.165, 1.54) is 12.0 Å². The average molecular weight is 389 g/mol. The highest BCUT2D eigenvalue weighted by atomic mass is 127. The van der Waals surface area contributed by atoms with Gasteiger partial charge in [0.25, 0.3) is 0 Å². The molecule has 0 amide bonds. The van der Waals surface area contributed by atoms with Crippen LogP contribution in [0.5, 0.6) is 0 Å². The van der Waals surface area contributed by atoms with E-state index in [1.54, 1.807) is 0 Å². The topological polar surface area (TPSA) is 36.9 Å². The Morgan fingerprint density at radius 1 is 1.40 bits per heavy atom. The first-order valence-electron chi connectivity index (χ1n) is 6.84. The molecule has 112 valence electrons. The first-order valence-corrected chi connectivity index (χ1v) is 6.84. The number of guanidine groups is 1. The Balaban J connectivity index is 0.00000200. The molecule has 2 rings (SSSR count). The van der Waals surface area contributed by atoms with Crippen LogP contribution in [-0.2, 0) is 11.3 Å². The molecule has 1 atom stereocenters. The van der Waals surface area contributed by atoms with Crippen molar-refractivity contribution in [3.63, 3.8) is 0 Å². The van der Waals surface area contributed by atoms with Gasteiger partial charge in [0.05, 0.1) is 13.2 Å². The minimum atomic E-state index is 0. The maximum absolute atomic E-state index is 5.81. The van der Waals surface area contributed by atoms with Gasteiger partial charge < -0.3 is 15.0 Å². The van der Waals surface area contributed by atoms with Crippen LogP contribution in [0, 0.1) is 5.92 Å². The minimum absolute atomic E-state index is 0. The standard InChI is InChI=1S/C15H23N3O.HI/c1-16-15(17-2)18-9-8-14(10-18)12-19-11-13-6-4-3-5-7-13;/h3-7,14H,8-12H2,1-2H3,(H,16,17);1H. The van der Waals surface area contributed by atoms with Crippen LogP contribution in [0.2, 0.25) is 0 Å². The summed E-state index contributed by atoms with van der Waals surface area (Å²) in [4.78, 5) is 6.53. The molecule has 1 N–H and O–H groups in total. The lowest BCUT2D eigenvalue weighted by Gasteiger charge is -2.19. The van der Waals surface area contributed by atoms with Crippen LogP contribution in [0.25, 0.3) is 0 Å². The molecule has 0 radical (unpaired) electrons. The van der Waals surface area contributed by atoms with Crippen LogP contribution in [0.4, 0.5) is 0 Å². The molecule has 20 heavy (non-hydrogen) atoms. The maximum Gasteiger partial charge on any atom is 0.193 e. The monoisotopic (exact) mass is 389 g/mol. The lowest BCUT2D eigenvalue weighted by atomic mass is 10.1. The van der Waals surface area contributed by atoms with Crippen molar-refractivity contribution < 1.29 is 4.74 Å². The Hall–Kier alpha value is -0.820. The van der Waals surface area contributed by atoms with Crippen molar-refractivity contribution in [1.29, 1.82) is 0 Å². The van der Waals surface area contributed by atoms with Crippen molar-refractivity contribution in [2.24, 2.45) is 10.9 Å². The molecule has 1 aliphatic heterocycles. The van der Waals surface area contributed by atoms with Gasteiger partial charge in [-0.15, -0.1) is 24.0 Å². The van der Waals surface area contributed by atoms with E-state index in [0.29, 0.717) is 12.5 Å². The van der Waals surface area contributed by atoms with Crippen molar-refractivity contribution >= 4 is 29.9 Å². The zero-order chi connectivity index (χ0) is 13.5. The van der Waals surface area contributed by atoms with Crippen molar-refractivity contribution in [1.82, 2.24) is 10.2 Å². The quantitative estimate of drug-likeness (QED) is 0.488. The molecule has 0 spiro atoms. The number of benzene rings is 1. The molecular weight excluding hydrogens is 365 g/mol. The van der Waals surface area contributed by atoms with Gasteiger partial charge in [-0.3, -0.25) is 4.99 Å². The van der Waals surface area contributed by atoms with Gasteiger partial charge in [-0.05, 0) is 12.0 Å². The third-order valence-electron chi connectivity index (χ3n) is 3.49. The Labute approximate surface area is 138 Å². The summed E-state index contributed by atoms with van der Waals surface area (Å²) < 4.78 is 5.81.